The number of hydrogen-bond donors (Lipinski definition) is 0. The van der Waals surface area contributed by atoms with E-state index in [1.807, 2.05) is 21.1 Å². The van der Waals surface area contributed by atoms with Gasteiger partial charge < -0.3 is 14.7 Å². The van der Waals surface area contributed by atoms with Crippen LogP contribution in [-0.2, 0) is 15.1 Å². The fourth-order valence-corrected chi connectivity index (χ4v) is 1.27. The van der Waals surface area contributed by atoms with Crippen molar-refractivity contribution in [1.82, 2.24) is 9.97 Å². The van der Waals surface area contributed by atoms with Crippen molar-refractivity contribution in [3.63, 3.8) is 0 Å². The molecule has 0 aliphatic carbocycles. The molecule has 0 atom stereocenters. The molecule has 0 N–H and O–H groups in total. The molecule has 3 nitrogen and oxygen atoms in total. The molecule has 2 aromatic heterocycles. The standard InChI is InChI=1S/C8H6ClN2O.HI.Os/c1-12-7-4-6(9)5-2-3-10-8(5)11-7;;/h2-4H,1H3;1H;/q-1;;+1/p-1. The van der Waals surface area contributed by atoms with Crippen LogP contribution >= 0.6 is 31.3 Å². The van der Waals surface area contributed by atoms with Gasteiger partial charge in [0.2, 0.25) is 0 Å². The predicted octanol–water partition coefficient (Wildman–Crippen LogP) is 2.74. The molecule has 0 saturated heterocycles. The fraction of sp³-hybridized carbons (Fsp3) is 0.125. The molecule has 0 unspecified atom stereocenters. The van der Waals surface area contributed by atoms with E-state index in [0.29, 0.717) is 16.5 Å². The van der Waals surface area contributed by atoms with Gasteiger partial charge >= 0.3 is 34.7 Å². The van der Waals surface area contributed by atoms with Gasteiger partial charge in [0.1, 0.15) is 5.88 Å². The number of hydrogen-bond acceptors (Lipinski definition) is 2. The van der Waals surface area contributed by atoms with Crippen LogP contribution in [0.5, 0.6) is 5.88 Å². The number of fused-ring (bicyclic) bond motifs is 1. The minimum absolute atomic E-state index is 0.492. The maximum absolute atomic E-state index is 5.92. The Morgan fingerprint density at radius 2 is 2.29 bits per heavy atom. The molecule has 0 saturated carbocycles. The first-order chi connectivity index (χ1) is 6.81. The average molecular weight is 499 g/mol. The zero-order valence-electron chi connectivity index (χ0n) is 7.14. The molecule has 0 aliphatic heterocycles. The van der Waals surface area contributed by atoms with E-state index in [9.17, 15) is 0 Å². The van der Waals surface area contributed by atoms with Crippen molar-refractivity contribution < 1.29 is 19.8 Å². The van der Waals surface area contributed by atoms with Crippen LogP contribution in [0.15, 0.2) is 18.3 Å². The molecule has 0 fully saturated rings. The number of pyridine rings is 1. The Bertz CT molecular complexity index is 421. The molecule has 2 heterocycles. The van der Waals surface area contributed by atoms with Crippen LogP contribution in [0.1, 0.15) is 0 Å². The second-order valence-corrected chi connectivity index (χ2v) is 2.74. The molecule has 14 heavy (non-hydrogen) atoms. The van der Waals surface area contributed by atoms with Crippen molar-refractivity contribution in [1.29, 1.82) is 0 Å². The Morgan fingerprint density at radius 1 is 1.57 bits per heavy atom. The van der Waals surface area contributed by atoms with Crippen LogP contribution in [0.2, 0.25) is 5.02 Å². The number of rotatable bonds is 1. The van der Waals surface area contributed by atoms with E-state index in [1.165, 1.54) is 0 Å². The first kappa shape index (κ1) is 12.2. The first-order valence-electron chi connectivity index (χ1n) is 3.56. The van der Waals surface area contributed by atoms with E-state index in [4.69, 9.17) is 16.3 Å². The Hall–Kier alpha value is 0.146. The summed E-state index contributed by atoms with van der Waals surface area (Å²) in [6.07, 6.45) is 1.67. The molecule has 0 aromatic carbocycles. The quantitative estimate of drug-likeness (QED) is 0.568. The van der Waals surface area contributed by atoms with Crippen LogP contribution in [0.4, 0.5) is 0 Å². The van der Waals surface area contributed by atoms with Gasteiger partial charge in [0.05, 0.1) is 12.1 Å². The van der Waals surface area contributed by atoms with Crippen molar-refractivity contribution in [2.45, 2.75) is 0 Å². The maximum atomic E-state index is 5.92. The summed E-state index contributed by atoms with van der Waals surface area (Å²) >= 11 is 9.93. The van der Waals surface area contributed by atoms with Crippen molar-refractivity contribution in [3.8, 4) is 5.88 Å². The summed E-state index contributed by atoms with van der Waals surface area (Å²) in [4.78, 5) is 8.11. The summed E-state index contributed by atoms with van der Waals surface area (Å²) in [5.74, 6) is 0.492. The summed E-state index contributed by atoms with van der Waals surface area (Å²) in [7, 11) is 1.55. The van der Waals surface area contributed by atoms with Gasteiger partial charge in [-0.15, -0.1) is 0 Å². The Balaban J connectivity index is 0.000000461. The zero-order valence-corrected chi connectivity index (χ0v) is 12.6. The fourth-order valence-electron chi connectivity index (χ4n) is 1.03. The van der Waals surface area contributed by atoms with E-state index >= 15 is 0 Å². The Labute approximate surface area is 108 Å². The summed E-state index contributed by atoms with van der Waals surface area (Å²) in [6, 6.07) is 3.50. The number of halogens is 2. The molecule has 0 radical (unpaired) electrons. The van der Waals surface area contributed by atoms with Crippen LogP contribution in [0.3, 0.4) is 0 Å². The first-order valence-corrected chi connectivity index (χ1v) is 11.1. The van der Waals surface area contributed by atoms with Crippen LogP contribution in [0.25, 0.3) is 11.0 Å². The molecule has 0 bridgehead atoms. The van der Waals surface area contributed by atoms with Gasteiger partial charge in [0.15, 0.2) is 0 Å². The molecular formula is C8H6ClIN2OOs-. The minimum atomic E-state index is 0.492. The molecule has 2 aromatic rings. The third-order valence-corrected chi connectivity index (χ3v) is 1.92. The second-order valence-electron chi connectivity index (χ2n) is 2.33. The molecule has 2 rings (SSSR count). The summed E-state index contributed by atoms with van der Waals surface area (Å²) in [5.41, 5.74) is 0.624. The summed E-state index contributed by atoms with van der Waals surface area (Å²) in [6.45, 7) is 0. The number of ether oxygens (including phenoxy) is 1. The van der Waals surface area contributed by atoms with Gasteiger partial charge in [-0.1, -0.05) is 23.9 Å². The second kappa shape index (κ2) is 5.89. The normalized spacial score (nSPS) is 9.43. The van der Waals surface area contributed by atoms with Crippen LogP contribution in [-0.4, -0.2) is 12.1 Å². The van der Waals surface area contributed by atoms with Gasteiger partial charge in [0.25, 0.3) is 0 Å². The summed E-state index contributed by atoms with van der Waals surface area (Å²) < 4.78 is 4.94. The van der Waals surface area contributed by atoms with Crippen LogP contribution in [0, 0.1) is 0 Å². The third-order valence-electron chi connectivity index (χ3n) is 1.61. The van der Waals surface area contributed by atoms with E-state index in [-0.39, 0.29) is 0 Å². The van der Waals surface area contributed by atoms with Gasteiger partial charge in [0, 0.05) is 0 Å². The Kier molecular flexibility index (Phi) is 5.14. The van der Waals surface area contributed by atoms with Gasteiger partial charge in [-0.3, -0.25) is 0 Å². The van der Waals surface area contributed by atoms with Crippen molar-refractivity contribution in [3.05, 3.63) is 23.4 Å². The summed E-state index contributed by atoms with van der Waals surface area (Å²) in [5, 5.41) is 1.48. The predicted molar refractivity (Wildman–Crippen MR) is 60.6 cm³/mol. The molecule has 77 valence electrons. The van der Waals surface area contributed by atoms with Gasteiger partial charge in [-0.2, -0.15) is 0 Å². The van der Waals surface area contributed by atoms with Gasteiger partial charge in [-0.25, -0.2) is 0 Å². The SMILES string of the molecule is COc1cc(Cl)c2cc[n-]c2n1.[I][Os]. The van der Waals surface area contributed by atoms with Crippen molar-refractivity contribution >= 4 is 42.3 Å². The van der Waals surface area contributed by atoms with E-state index < -0.39 is 0 Å². The zero-order chi connectivity index (χ0) is 10.6. The van der Waals surface area contributed by atoms with E-state index in [0.717, 1.165) is 5.39 Å². The van der Waals surface area contributed by atoms with Crippen molar-refractivity contribution in [2.75, 3.05) is 7.11 Å². The van der Waals surface area contributed by atoms with E-state index in [2.05, 4.69) is 29.6 Å². The van der Waals surface area contributed by atoms with E-state index in [1.54, 1.807) is 19.4 Å². The van der Waals surface area contributed by atoms with Crippen LogP contribution < -0.4 is 9.72 Å². The molecular weight excluding hydrogens is 493 g/mol. The monoisotopic (exact) mass is 500 g/mol. The molecule has 0 aliphatic rings. The number of nitrogens with zero attached hydrogens (tertiary/aromatic N) is 2. The topological polar surface area (TPSA) is 36.2 Å². The number of aromatic nitrogens is 2. The Morgan fingerprint density at radius 3 is 2.93 bits per heavy atom. The number of methoxy groups -OCH3 is 1. The van der Waals surface area contributed by atoms with Gasteiger partial charge in [-0.05, 0) is 17.1 Å². The molecule has 0 spiro atoms. The average Bonchev–Trinajstić information content (AvgIpc) is 2.69. The third kappa shape index (κ3) is 2.59. The molecule has 6 heteroatoms. The van der Waals surface area contributed by atoms with Crippen molar-refractivity contribution in [2.24, 2.45) is 0 Å². The molecule has 0 amide bonds.